The van der Waals surface area contributed by atoms with Crippen LogP contribution in [0, 0.1) is 5.92 Å². The summed E-state index contributed by atoms with van der Waals surface area (Å²) < 4.78 is 1.95. The zero-order valence-electron chi connectivity index (χ0n) is 9.89. The zero-order valence-corrected chi connectivity index (χ0v) is 9.89. The molecule has 3 fully saturated rings. The van der Waals surface area contributed by atoms with E-state index in [-0.39, 0.29) is 0 Å². The quantitative estimate of drug-likeness (QED) is 0.810. The largest absolute Gasteiger partial charge is 0.307 e. The van der Waals surface area contributed by atoms with Crippen LogP contribution < -0.4 is 5.32 Å². The number of rotatable bonds is 3. The molecule has 1 unspecified atom stereocenters. The second kappa shape index (κ2) is 4.18. The fourth-order valence-electron chi connectivity index (χ4n) is 3.01. The molecule has 4 nitrogen and oxygen atoms in total. The Morgan fingerprint density at radius 2 is 2.25 bits per heavy atom. The highest BCUT2D eigenvalue weighted by molar-refractivity contribution is 5.01. The van der Waals surface area contributed by atoms with Crippen molar-refractivity contribution in [2.75, 3.05) is 19.6 Å². The van der Waals surface area contributed by atoms with Gasteiger partial charge >= 0.3 is 0 Å². The molecule has 0 aliphatic carbocycles. The summed E-state index contributed by atoms with van der Waals surface area (Å²) in [4.78, 5) is 2.58. The smallest absolute Gasteiger partial charge is 0.0518 e. The van der Waals surface area contributed by atoms with Gasteiger partial charge in [-0.3, -0.25) is 4.68 Å². The summed E-state index contributed by atoms with van der Waals surface area (Å²) in [5, 5.41) is 7.89. The molecule has 0 radical (unpaired) electrons. The first kappa shape index (κ1) is 10.3. The van der Waals surface area contributed by atoms with Crippen molar-refractivity contribution < 1.29 is 0 Å². The van der Waals surface area contributed by atoms with E-state index in [0.717, 1.165) is 12.5 Å². The van der Waals surface area contributed by atoms with Crippen molar-refractivity contribution in [1.82, 2.24) is 20.0 Å². The number of aryl methyl sites for hydroxylation is 1. The van der Waals surface area contributed by atoms with Gasteiger partial charge in [-0.05, 0) is 37.9 Å². The average molecular weight is 220 g/mol. The number of piperidine rings is 3. The van der Waals surface area contributed by atoms with E-state index in [9.17, 15) is 0 Å². The second-order valence-corrected chi connectivity index (χ2v) is 5.07. The van der Waals surface area contributed by atoms with Crippen LogP contribution in [0.15, 0.2) is 12.3 Å². The average Bonchev–Trinajstić information content (AvgIpc) is 2.74. The van der Waals surface area contributed by atoms with Crippen molar-refractivity contribution >= 4 is 0 Å². The van der Waals surface area contributed by atoms with Crippen molar-refractivity contribution in [2.24, 2.45) is 13.0 Å². The van der Waals surface area contributed by atoms with Gasteiger partial charge in [0.05, 0.1) is 5.69 Å². The lowest BCUT2D eigenvalue weighted by Crippen LogP contribution is -2.55. The molecule has 2 bridgehead atoms. The van der Waals surface area contributed by atoms with Crippen LogP contribution in [0.2, 0.25) is 0 Å². The Kier molecular flexibility index (Phi) is 2.69. The Bertz CT molecular complexity index is 352. The van der Waals surface area contributed by atoms with Crippen LogP contribution in [0.5, 0.6) is 0 Å². The van der Waals surface area contributed by atoms with E-state index in [2.05, 4.69) is 21.4 Å². The van der Waals surface area contributed by atoms with Crippen molar-refractivity contribution in [3.63, 3.8) is 0 Å². The predicted octanol–water partition coefficient (Wildman–Crippen LogP) is 0.604. The molecular formula is C12H20N4. The molecular weight excluding hydrogens is 200 g/mol. The Morgan fingerprint density at radius 3 is 2.81 bits per heavy atom. The molecule has 3 aliphatic heterocycles. The van der Waals surface area contributed by atoms with Gasteiger partial charge in [-0.1, -0.05) is 0 Å². The first-order valence-corrected chi connectivity index (χ1v) is 6.25. The Hall–Kier alpha value is -0.870. The molecule has 3 saturated heterocycles. The molecule has 0 saturated carbocycles. The normalized spacial score (nSPS) is 33.2. The number of hydrogen-bond donors (Lipinski definition) is 1. The number of fused-ring (bicyclic) bond motifs is 3. The summed E-state index contributed by atoms with van der Waals surface area (Å²) in [5.41, 5.74) is 1.27. The SMILES string of the molecule is Cn1nccc1CNC1CN2CCC1CC2. The van der Waals surface area contributed by atoms with E-state index in [1.54, 1.807) is 0 Å². The monoisotopic (exact) mass is 220 g/mol. The van der Waals surface area contributed by atoms with Crippen molar-refractivity contribution in [1.29, 1.82) is 0 Å². The lowest BCUT2D eigenvalue weighted by Gasteiger charge is -2.45. The third kappa shape index (κ3) is 1.87. The maximum Gasteiger partial charge on any atom is 0.0518 e. The molecule has 1 N–H and O–H groups in total. The van der Waals surface area contributed by atoms with Crippen LogP contribution in [0.4, 0.5) is 0 Å². The van der Waals surface area contributed by atoms with E-state index in [1.165, 1.54) is 38.2 Å². The van der Waals surface area contributed by atoms with E-state index in [4.69, 9.17) is 0 Å². The van der Waals surface area contributed by atoms with Crippen molar-refractivity contribution in [2.45, 2.75) is 25.4 Å². The standard InChI is InChI=1S/C12H20N4/c1-15-11(2-5-14-15)8-13-12-9-16-6-3-10(12)4-7-16/h2,5,10,12-13H,3-4,6-9H2,1H3. The number of aromatic nitrogens is 2. The summed E-state index contributed by atoms with van der Waals surface area (Å²) >= 11 is 0. The highest BCUT2D eigenvalue weighted by Crippen LogP contribution is 2.27. The Balaban J connectivity index is 1.58. The highest BCUT2D eigenvalue weighted by Gasteiger charge is 2.33. The maximum atomic E-state index is 4.19. The van der Waals surface area contributed by atoms with Gasteiger partial charge in [0.25, 0.3) is 0 Å². The minimum absolute atomic E-state index is 0.692. The summed E-state index contributed by atoms with van der Waals surface area (Å²) in [6.45, 7) is 4.82. The molecule has 0 amide bonds. The van der Waals surface area contributed by atoms with Gasteiger partial charge in [-0.25, -0.2) is 0 Å². The van der Waals surface area contributed by atoms with Gasteiger partial charge in [0.2, 0.25) is 0 Å². The molecule has 4 rings (SSSR count). The molecule has 3 aliphatic rings. The van der Waals surface area contributed by atoms with Crippen molar-refractivity contribution in [3.8, 4) is 0 Å². The topological polar surface area (TPSA) is 33.1 Å². The van der Waals surface area contributed by atoms with Crippen LogP contribution in [-0.4, -0.2) is 40.4 Å². The molecule has 88 valence electrons. The van der Waals surface area contributed by atoms with Gasteiger partial charge in [0.1, 0.15) is 0 Å². The lowest BCUT2D eigenvalue weighted by atomic mass is 9.84. The van der Waals surface area contributed by atoms with Gasteiger partial charge in [0.15, 0.2) is 0 Å². The molecule has 1 aromatic heterocycles. The van der Waals surface area contributed by atoms with E-state index in [0.29, 0.717) is 6.04 Å². The van der Waals surface area contributed by atoms with Crippen LogP contribution >= 0.6 is 0 Å². The Labute approximate surface area is 96.6 Å². The number of nitrogens with one attached hydrogen (secondary N) is 1. The van der Waals surface area contributed by atoms with E-state index >= 15 is 0 Å². The lowest BCUT2D eigenvalue weighted by molar-refractivity contribution is 0.0717. The predicted molar refractivity (Wildman–Crippen MR) is 63.0 cm³/mol. The first-order valence-electron chi connectivity index (χ1n) is 6.25. The minimum atomic E-state index is 0.692. The number of hydrogen-bond acceptors (Lipinski definition) is 3. The third-order valence-electron chi connectivity index (χ3n) is 4.12. The summed E-state index contributed by atoms with van der Waals surface area (Å²) in [7, 11) is 2.01. The fourth-order valence-corrected chi connectivity index (χ4v) is 3.01. The molecule has 0 spiro atoms. The summed E-state index contributed by atoms with van der Waals surface area (Å²) in [6.07, 6.45) is 4.62. The summed E-state index contributed by atoms with van der Waals surface area (Å²) in [6, 6.07) is 2.78. The zero-order chi connectivity index (χ0) is 11.0. The van der Waals surface area contributed by atoms with Crippen LogP contribution in [0.3, 0.4) is 0 Å². The van der Waals surface area contributed by atoms with E-state index < -0.39 is 0 Å². The molecule has 0 aromatic carbocycles. The van der Waals surface area contributed by atoms with Crippen LogP contribution in [0.1, 0.15) is 18.5 Å². The first-order chi connectivity index (χ1) is 7.83. The second-order valence-electron chi connectivity index (χ2n) is 5.07. The van der Waals surface area contributed by atoms with Crippen molar-refractivity contribution in [3.05, 3.63) is 18.0 Å². The summed E-state index contributed by atoms with van der Waals surface area (Å²) in [5.74, 6) is 0.901. The molecule has 1 aromatic rings. The van der Waals surface area contributed by atoms with Crippen LogP contribution in [-0.2, 0) is 13.6 Å². The minimum Gasteiger partial charge on any atom is -0.307 e. The van der Waals surface area contributed by atoms with Crippen LogP contribution in [0.25, 0.3) is 0 Å². The number of nitrogens with zero attached hydrogens (tertiary/aromatic N) is 3. The fraction of sp³-hybridized carbons (Fsp3) is 0.750. The van der Waals surface area contributed by atoms with Gasteiger partial charge in [-0.2, -0.15) is 5.10 Å². The van der Waals surface area contributed by atoms with Gasteiger partial charge in [-0.15, -0.1) is 0 Å². The third-order valence-corrected chi connectivity index (χ3v) is 4.12. The van der Waals surface area contributed by atoms with Gasteiger partial charge < -0.3 is 10.2 Å². The Morgan fingerprint density at radius 1 is 1.44 bits per heavy atom. The molecule has 4 heteroatoms. The van der Waals surface area contributed by atoms with E-state index in [1.807, 2.05) is 17.9 Å². The van der Waals surface area contributed by atoms with Gasteiger partial charge in [0, 0.05) is 32.4 Å². The molecule has 4 heterocycles. The molecule has 16 heavy (non-hydrogen) atoms. The maximum absolute atomic E-state index is 4.19. The highest BCUT2D eigenvalue weighted by atomic mass is 15.3. The molecule has 1 atom stereocenters.